The molecule has 42 heavy (non-hydrogen) atoms. The predicted octanol–water partition coefficient (Wildman–Crippen LogP) is 6.58. The van der Waals surface area contributed by atoms with Gasteiger partial charge in [0, 0.05) is 17.2 Å². The highest BCUT2D eigenvalue weighted by Crippen LogP contribution is 2.59. The lowest BCUT2D eigenvalue weighted by Crippen LogP contribution is -2.50. The monoisotopic (exact) mass is 639 g/mol. The minimum Gasteiger partial charge on any atom is -0.346 e. The summed E-state index contributed by atoms with van der Waals surface area (Å²) in [6, 6.07) is 10.2. The molecule has 1 saturated carbocycles. The standard InChI is InChI=1S/C29H26ClF4N3O3S2/c30-23-14-19(29(32,33)34)15-35-24(23)16-36-27(38)18-3-8-25-22(13-18)28(9-11-41-12-10-28)26(17-1-2-17)37(25)42(39,40)21-6-4-20(31)5-7-21/h3-8,13-15,17,26H,1-2,9-12,16H2,(H,36,38)/t26-/m1/s1. The van der Waals surface area contributed by atoms with Crippen LogP contribution in [0.2, 0.25) is 5.02 Å². The maximum atomic E-state index is 14.1. The van der Waals surface area contributed by atoms with E-state index in [1.165, 1.54) is 16.4 Å². The molecule has 0 unspecified atom stereocenters. The molecular weight excluding hydrogens is 614 g/mol. The number of thioether (sulfide) groups is 1. The van der Waals surface area contributed by atoms with Gasteiger partial charge in [-0.2, -0.15) is 24.9 Å². The summed E-state index contributed by atoms with van der Waals surface area (Å²) in [7, 11) is -4.04. The fourth-order valence-corrected chi connectivity index (χ4v) is 9.43. The number of nitrogens with one attached hydrogen (secondary N) is 1. The fourth-order valence-electron chi connectivity index (χ4n) is 6.17. The van der Waals surface area contributed by atoms with Crippen molar-refractivity contribution in [1.29, 1.82) is 0 Å². The minimum atomic E-state index is -4.59. The van der Waals surface area contributed by atoms with Crippen LogP contribution in [0.4, 0.5) is 23.2 Å². The number of rotatable bonds is 6. The predicted molar refractivity (Wildman–Crippen MR) is 153 cm³/mol. The molecule has 1 saturated heterocycles. The zero-order valence-electron chi connectivity index (χ0n) is 22.1. The molecule has 222 valence electrons. The van der Waals surface area contributed by atoms with Gasteiger partial charge in [-0.05, 0) is 97.2 Å². The third kappa shape index (κ3) is 5.15. The minimum absolute atomic E-state index is 0.00507. The zero-order valence-corrected chi connectivity index (χ0v) is 24.5. The summed E-state index contributed by atoms with van der Waals surface area (Å²) in [5.74, 6) is 0.849. The number of nitrogens with zero attached hydrogens (tertiary/aromatic N) is 2. The number of alkyl halides is 3. The molecule has 1 aliphatic carbocycles. The Balaban J connectivity index is 1.35. The average molecular weight is 640 g/mol. The van der Waals surface area contributed by atoms with Crippen LogP contribution in [0, 0.1) is 11.7 Å². The van der Waals surface area contributed by atoms with Gasteiger partial charge in [0.2, 0.25) is 0 Å². The van der Waals surface area contributed by atoms with Crippen LogP contribution in [0.1, 0.15) is 52.9 Å². The first-order valence-corrected chi connectivity index (χ1v) is 16.4. The largest absolute Gasteiger partial charge is 0.417 e. The second kappa shape index (κ2) is 10.7. The Bertz CT molecular complexity index is 1640. The van der Waals surface area contributed by atoms with E-state index in [0.717, 1.165) is 61.0 Å². The molecule has 6 nitrogen and oxygen atoms in total. The lowest BCUT2D eigenvalue weighted by Gasteiger charge is -2.41. The number of sulfonamides is 1. The summed E-state index contributed by atoms with van der Waals surface area (Å²) in [4.78, 5) is 17.0. The van der Waals surface area contributed by atoms with E-state index in [9.17, 15) is 30.8 Å². The van der Waals surface area contributed by atoms with Crippen LogP contribution >= 0.6 is 23.4 Å². The maximum absolute atomic E-state index is 14.1. The summed E-state index contributed by atoms with van der Waals surface area (Å²) in [5.41, 5.74) is 0.234. The summed E-state index contributed by atoms with van der Waals surface area (Å²) in [6.07, 6.45) is -0.627. The first-order valence-electron chi connectivity index (χ1n) is 13.4. The Morgan fingerprint density at radius 3 is 2.40 bits per heavy atom. The number of benzene rings is 2. The van der Waals surface area contributed by atoms with E-state index in [1.54, 1.807) is 18.2 Å². The van der Waals surface area contributed by atoms with Gasteiger partial charge in [0.1, 0.15) is 5.82 Å². The zero-order chi connectivity index (χ0) is 29.9. The molecule has 1 spiro atoms. The molecular formula is C29H26ClF4N3O3S2. The quantitative estimate of drug-likeness (QED) is 0.309. The van der Waals surface area contributed by atoms with Gasteiger partial charge in [-0.15, -0.1) is 0 Å². The van der Waals surface area contributed by atoms with Gasteiger partial charge in [0.25, 0.3) is 15.9 Å². The van der Waals surface area contributed by atoms with Crippen molar-refractivity contribution in [1.82, 2.24) is 10.3 Å². The van der Waals surface area contributed by atoms with Crippen LogP contribution in [0.25, 0.3) is 0 Å². The van der Waals surface area contributed by atoms with E-state index in [2.05, 4.69) is 10.3 Å². The van der Waals surface area contributed by atoms with Crippen LogP contribution in [0.3, 0.4) is 0 Å². The first kappa shape index (κ1) is 29.3. The Labute approximate surface area is 249 Å². The van der Waals surface area contributed by atoms with Crippen LogP contribution in [-0.4, -0.2) is 36.9 Å². The lowest BCUT2D eigenvalue weighted by atomic mass is 9.70. The number of halogens is 5. The van der Waals surface area contributed by atoms with Crippen molar-refractivity contribution in [2.45, 2.75) is 54.8 Å². The van der Waals surface area contributed by atoms with Crippen molar-refractivity contribution in [2.24, 2.45) is 5.92 Å². The van der Waals surface area contributed by atoms with E-state index in [-0.39, 0.29) is 34.1 Å². The highest BCUT2D eigenvalue weighted by atomic mass is 35.5. The van der Waals surface area contributed by atoms with Gasteiger partial charge in [-0.25, -0.2) is 12.8 Å². The molecule has 3 aliphatic rings. The topological polar surface area (TPSA) is 79.4 Å². The van der Waals surface area contributed by atoms with Crippen molar-refractivity contribution in [2.75, 3.05) is 15.8 Å². The summed E-state index contributed by atoms with van der Waals surface area (Å²) >= 11 is 7.82. The molecule has 0 radical (unpaired) electrons. The fraction of sp³-hybridized carbons (Fsp3) is 0.379. The normalized spacial score (nSPS) is 20.0. The van der Waals surface area contributed by atoms with E-state index >= 15 is 0 Å². The third-order valence-corrected chi connectivity index (χ3v) is 11.5. The van der Waals surface area contributed by atoms with Gasteiger partial charge in [-0.3, -0.25) is 14.1 Å². The van der Waals surface area contributed by atoms with Crippen LogP contribution in [-0.2, 0) is 28.2 Å². The number of hydrogen-bond acceptors (Lipinski definition) is 5. The molecule has 1 aromatic heterocycles. The summed E-state index contributed by atoms with van der Waals surface area (Å²) in [5, 5.41) is 2.46. The number of hydrogen-bond donors (Lipinski definition) is 1. The van der Waals surface area contributed by atoms with Crippen LogP contribution in [0.5, 0.6) is 0 Å². The number of anilines is 1. The van der Waals surface area contributed by atoms with Gasteiger partial charge in [-0.1, -0.05) is 11.6 Å². The molecule has 6 rings (SSSR count). The van der Waals surface area contributed by atoms with Gasteiger partial charge >= 0.3 is 6.18 Å². The molecule has 2 aliphatic heterocycles. The lowest BCUT2D eigenvalue weighted by molar-refractivity contribution is -0.137. The Morgan fingerprint density at radius 2 is 1.79 bits per heavy atom. The number of carbonyl (C=O) groups is 1. The van der Waals surface area contributed by atoms with E-state index in [1.807, 2.05) is 11.8 Å². The molecule has 3 heterocycles. The van der Waals surface area contributed by atoms with Crippen molar-refractivity contribution in [3.8, 4) is 0 Å². The molecule has 13 heteroatoms. The van der Waals surface area contributed by atoms with Crippen LogP contribution in [0.15, 0.2) is 59.6 Å². The number of fused-ring (bicyclic) bond motifs is 2. The highest BCUT2D eigenvalue weighted by Gasteiger charge is 2.59. The first-order chi connectivity index (χ1) is 19.9. The molecule has 1 N–H and O–H groups in total. The van der Waals surface area contributed by atoms with Gasteiger partial charge < -0.3 is 5.32 Å². The van der Waals surface area contributed by atoms with E-state index < -0.39 is 38.9 Å². The molecule has 2 fully saturated rings. The number of aromatic nitrogens is 1. The summed E-state index contributed by atoms with van der Waals surface area (Å²) in [6.45, 7) is -0.190. The number of carbonyl (C=O) groups excluding carboxylic acids is 1. The smallest absolute Gasteiger partial charge is 0.346 e. The molecule has 3 aromatic rings. The Hall–Kier alpha value is -2.83. The van der Waals surface area contributed by atoms with Crippen molar-refractivity contribution in [3.05, 3.63) is 88.0 Å². The summed E-state index contributed by atoms with van der Waals surface area (Å²) < 4.78 is 82.3. The van der Waals surface area contributed by atoms with Gasteiger partial charge in [0.05, 0.1) is 39.4 Å². The van der Waals surface area contributed by atoms with Crippen molar-refractivity contribution in [3.63, 3.8) is 0 Å². The highest BCUT2D eigenvalue weighted by molar-refractivity contribution is 7.99. The second-order valence-electron chi connectivity index (χ2n) is 10.9. The average Bonchev–Trinajstić information content (AvgIpc) is 3.76. The maximum Gasteiger partial charge on any atom is 0.417 e. The number of pyridine rings is 1. The Kier molecular flexibility index (Phi) is 7.46. The number of amides is 1. The van der Waals surface area contributed by atoms with Crippen LogP contribution < -0.4 is 9.62 Å². The van der Waals surface area contributed by atoms with Crippen molar-refractivity contribution >= 4 is 45.0 Å². The SMILES string of the molecule is O=C(NCc1ncc(C(F)(F)F)cc1Cl)c1ccc2c(c1)C1(CCSCC1)[C@@H](C1CC1)N2S(=O)(=O)c1ccc(F)cc1. The molecule has 2 aromatic carbocycles. The molecule has 0 bridgehead atoms. The van der Waals surface area contributed by atoms with Gasteiger partial charge in [0.15, 0.2) is 0 Å². The Morgan fingerprint density at radius 1 is 1.10 bits per heavy atom. The third-order valence-electron chi connectivity index (χ3n) is 8.34. The van der Waals surface area contributed by atoms with Crippen molar-refractivity contribution < 1.29 is 30.8 Å². The second-order valence-corrected chi connectivity index (χ2v) is 14.3. The van der Waals surface area contributed by atoms with E-state index in [4.69, 9.17) is 11.6 Å². The molecule has 1 amide bonds. The molecule has 1 atom stereocenters. The van der Waals surface area contributed by atoms with E-state index in [0.29, 0.717) is 17.4 Å².